The Kier molecular flexibility index (Phi) is 11.0. The number of hydrogen-bond acceptors (Lipinski definition) is 3. The first kappa shape index (κ1) is 25.4. The second-order valence-corrected chi connectivity index (χ2v) is 8.44. The van der Waals surface area contributed by atoms with Crippen molar-refractivity contribution in [2.24, 2.45) is 0 Å². The third kappa shape index (κ3) is 6.98. The number of ether oxygens (including phenoxy) is 2. The molecule has 0 aromatic heterocycles. The number of carbonyl (C=O) groups excluding carboxylic acids is 1. The minimum absolute atomic E-state index is 0. The van der Waals surface area contributed by atoms with Crippen molar-refractivity contribution < 1.29 is 34.6 Å². The number of carbonyl (C=O) groups is 1. The fraction of sp³-hybridized carbons (Fsp3) is 0.381. The van der Waals surface area contributed by atoms with E-state index in [4.69, 9.17) is 32.7 Å². The SMILES string of the molecule is CCC(C)Oc1ccc(PC(=O)c2c(Cl)cccc2Cl)c(OC(C)CC)c1.[H-].[Li+]. The molecular formula is C21H26Cl2LiO3P. The van der Waals surface area contributed by atoms with E-state index < -0.39 is 0 Å². The van der Waals surface area contributed by atoms with Gasteiger partial charge in [0.2, 0.25) is 0 Å². The van der Waals surface area contributed by atoms with E-state index in [2.05, 4.69) is 13.8 Å². The van der Waals surface area contributed by atoms with Gasteiger partial charge in [0.25, 0.3) is 0 Å². The molecule has 148 valence electrons. The molecule has 0 heterocycles. The second kappa shape index (κ2) is 12.1. The van der Waals surface area contributed by atoms with Gasteiger partial charge in [0.1, 0.15) is 11.5 Å². The third-order valence-corrected chi connectivity index (χ3v) is 6.00. The Morgan fingerprint density at radius 3 is 2.18 bits per heavy atom. The molecule has 28 heavy (non-hydrogen) atoms. The van der Waals surface area contributed by atoms with Gasteiger partial charge < -0.3 is 10.9 Å². The van der Waals surface area contributed by atoms with Crippen LogP contribution in [0.5, 0.6) is 11.5 Å². The molecule has 0 aliphatic carbocycles. The van der Waals surface area contributed by atoms with Crippen molar-refractivity contribution in [1.29, 1.82) is 0 Å². The molecule has 2 aromatic rings. The van der Waals surface area contributed by atoms with Gasteiger partial charge in [-0.15, -0.1) is 0 Å². The maximum absolute atomic E-state index is 12.8. The molecule has 0 bridgehead atoms. The van der Waals surface area contributed by atoms with Crippen molar-refractivity contribution in [1.82, 2.24) is 0 Å². The van der Waals surface area contributed by atoms with Gasteiger partial charge in [-0.25, -0.2) is 0 Å². The molecule has 3 nitrogen and oxygen atoms in total. The Hall–Kier alpha value is -0.683. The van der Waals surface area contributed by atoms with Gasteiger partial charge in [-0.3, -0.25) is 4.79 Å². The summed E-state index contributed by atoms with van der Waals surface area (Å²) in [6.45, 7) is 8.15. The normalized spacial score (nSPS) is 13.1. The van der Waals surface area contributed by atoms with Crippen molar-refractivity contribution in [2.45, 2.75) is 52.7 Å². The zero-order valence-corrected chi connectivity index (χ0v) is 19.5. The van der Waals surface area contributed by atoms with Gasteiger partial charge in [0.15, 0.2) is 5.52 Å². The van der Waals surface area contributed by atoms with Crippen LogP contribution in [0.3, 0.4) is 0 Å². The molecule has 3 atom stereocenters. The van der Waals surface area contributed by atoms with Crippen LogP contribution in [0.2, 0.25) is 10.0 Å². The van der Waals surface area contributed by atoms with Gasteiger partial charge in [0.05, 0.1) is 27.8 Å². The summed E-state index contributed by atoms with van der Waals surface area (Å²) < 4.78 is 12.0. The third-order valence-electron chi connectivity index (χ3n) is 4.21. The topological polar surface area (TPSA) is 35.5 Å². The van der Waals surface area contributed by atoms with E-state index in [1.54, 1.807) is 18.2 Å². The second-order valence-electron chi connectivity index (χ2n) is 6.38. The predicted molar refractivity (Wildman–Crippen MR) is 117 cm³/mol. The molecule has 3 unspecified atom stereocenters. The van der Waals surface area contributed by atoms with Gasteiger partial charge in [-0.1, -0.05) is 43.1 Å². The predicted octanol–water partition coefficient (Wildman–Crippen LogP) is 3.61. The standard InChI is InChI=1S/C21H25Cl2O3P.Li.H/c1-5-13(3)25-15-10-11-19(18(12-15)26-14(4)6-2)27-21(24)20-16(22)8-7-9-17(20)23;;/h7-14,27H,5-6H2,1-4H3;;/q;+1;-1. The van der Waals surface area contributed by atoms with Crippen molar-refractivity contribution in [2.75, 3.05) is 0 Å². The smallest absolute Gasteiger partial charge is 1.00 e. The largest absolute Gasteiger partial charge is 1.00 e. The molecular weight excluding hydrogens is 409 g/mol. The summed E-state index contributed by atoms with van der Waals surface area (Å²) >= 11 is 12.4. The first-order chi connectivity index (χ1) is 12.8. The maximum Gasteiger partial charge on any atom is 1.00 e. The van der Waals surface area contributed by atoms with Crippen LogP contribution in [0, 0.1) is 0 Å². The fourth-order valence-electron chi connectivity index (χ4n) is 2.29. The summed E-state index contributed by atoms with van der Waals surface area (Å²) in [5.41, 5.74) is 0.240. The molecule has 0 saturated heterocycles. The molecule has 0 aliphatic rings. The fourth-order valence-corrected chi connectivity index (χ4v) is 4.08. The Labute approximate surface area is 192 Å². The Morgan fingerprint density at radius 1 is 1.04 bits per heavy atom. The van der Waals surface area contributed by atoms with Crippen LogP contribution in [-0.4, -0.2) is 17.7 Å². The number of rotatable bonds is 9. The Bertz CT molecular complexity index is 787. The van der Waals surface area contributed by atoms with Crippen LogP contribution in [0.25, 0.3) is 0 Å². The molecule has 2 aromatic carbocycles. The summed E-state index contributed by atoms with van der Waals surface area (Å²) in [6.07, 6.45) is 1.92. The number of benzene rings is 2. The van der Waals surface area contributed by atoms with Crippen LogP contribution in [-0.2, 0) is 0 Å². The monoisotopic (exact) mass is 434 g/mol. The van der Waals surface area contributed by atoms with Crippen molar-refractivity contribution in [3.63, 3.8) is 0 Å². The van der Waals surface area contributed by atoms with E-state index in [-0.39, 0.29) is 46.6 Å². The first-order valence-corrected chi connectivity index (χ1v) is 10.8. The van der Waals surface area contributed by atoms with E-state index >= 15 is 0 Å². The zero-order chi connectivity index (χ0) is 20.0. The Morgan fingerprint density at radius 2 is 1.61 bits per heavy atom. The molecule has 0 N–H and O–H groups in total. The molecule has 0 radical (unpaired) electrons. The first-order valence-electron chi connectivity index (χ1n) is 9.08. The van der Waals surface area contributed by atoms with Crippen LogP contribution in [0.15, 0.2) is 36.4 Å². The molecule has 0 aliphatic heterocycles. The van der Waals surface area contributed by atoms with Crippen molar-refractivity contribution in [3.05, 3.63) is 52.0 Å². The molecule has 0 saturated carbocycles. The minimum atomic E-state index is -0.148. The zero-order valence-electron chi connectivity index (χ0n) is 18.0. The van der Waals surface area contributed by atoms with Gasteiger partial charge in [-0.2, -0.15) is 0 Å². The molecule has 2 rings (SSSR count). The molecule has 0 fully saturated rings. The summed E-state index contributed by atoms with van der Waals surface area (Å²) in [7, 11) is -0.148. The summed E-state index contributed by atoms with van der Waals surface area (Å²) in [6, 6.07) is 10.7. The average Bonchev–Trinajstić information content (AvgIpc) is 2.63. The quantitative estimate of drug-likeness (QED) is 0.446. The van der Waals surface area contributed by atoms with Crippen LogP contribution in [0.4, 0.5) is 0 Å². The molecule has 0 amide bonds. The van der Waals surface area contributed by atoms with Gasteiger partial charge in [0, 0.05) is 11.4 Å². The van der Waals surface area contributed by atoms with Crippen molar-refractivity contribution >= 4 is 42.6 Å². The van der Waals surface area contributed by atoms with Crippen LogP contribution < -0.4 is 33.6 Å². The van der Waals surface area contributed by atoms with Crippen molar-refractivity contribution in [3.8, 4) is 11.5 Å². The van der Waals surface area contributed by atoms with Gasteiger partial charge in [-0.05, 0) is 59.5 Å². The minimum Gasteiger partial charge on any atom is -1.00 e. The molecule has 7 heteroatoms. The van der Waals surface area contributed by atoms with Gasteiger partial charge >= 0.3 is 18.9 Å². The Balaban J connectivity index is 0.00000392. The average molecular weight is 435 g/mol. The van der Waals surface area contributed by atoms with E-state index in [1.165, 1.54) is 0 Å². The van der Waals surface area contributed by atoms with E-state index in [0.29, 0.717) is 21.4 Å². The van der Waals surface area contributed by atoms with E-state index in [0.717, 1.165) is 23.9 Å². The summed E-state index contributed by atoms with van der Waals surface area (Å²) in [5.74, 6) is 1.40. The maximum atomic E-state index is 12.8. The number of halogens is 2. The van der Waals surface area contributed by atoms with Crippen LogP contribution >= 0.6 is 31.8 Å². The van der Waals surface area contributed by atoms with Crippen LogP contribution in [0.1, 0.15) is 52.3 Å². The van der Waals surface area contributed by atoms with E-state index in [1.807, 2.05) is 32.0 Å². The number of hydrogen-bond donors (Lipinski definition) is 0. The van der Waals surface area contributed by atoms with E-state index in [9.17, 15) is 4.79 Å². The molecule has 0 spiro atoms. The summed E-state index contributed by atoms with van der Waals surface area (Å²) in [5, 5.41) is 1.54. The summed E-state index contributed by atoms with van der Waals surface area (Å²) in [4.78, 5) is 12.8.